The minimum atomic E-state index is -0.296. The SMILES string of the molecule is Cc1cc(C)cc(C2(C(=O)N3CCCC(c4n[nH]c(=S)n4C)C3)CC2)c1. The number of hydrogen-bond donors (Lipinski definition) is 1. The Kier molecular flexibility index (Phi) is 4.26. The van der Waals surface area contributed by atoms with Crippen LogP contribution in [0.15, 0.2) is 18.2 Å². The van der Waals surface area contributed by atoms with Crippen molar-refractivity contribution >= 4 is 18.1 Å². The highest BCUT2D eigenvalue weighted by Gasteiger charge is 2.53. The van der Waals surface area contributed by atoms with Crippen molar-refractivity contribution in [2.75, 3.05) is 13.1 Å². The lowest BCUT2D eigenvalue weighted by Crippen LogP contribution is -2.45. The Morgan fingerprint density at radius 1 is 1.27 bits per heavy atom. The van der Waals surface area contributed by atoms with Gasteiger partial charge in [0.2, 0.25) is 5.91 Å². The number of amides is 1. The lowest BCUT2D eigenvalue weighted by molar-refractivity contribution is -0.135. The summed E-state index contributed by atoms with van der Waals surface area (Å²) < 4.78 is 2.57. The fourth-order valence-corrected chi connectivity index (χ4v) is 4.54. The average molecular weight is 371 g/mol. The number of hydrogen-bond acceptors (Lipinski definition) is 3. The van der Waals surface area contributed by atoms with E-state index in [1.807, 2.05) is 11.6 Å². The van der Waals surface area contributed by atoms with Crippen LogP contribution in [0.5, 0.6) is 0 Å². The summed E-state index contributed by atoms with van der Waals surface area (Å²) in [4.78, 5) is 15.5. The molecule has 2 fully saturated rings. The molecule has 1 aromatic carbocycles. The third-order valence-electron chi connectivity index (χ3n) is 5.92. The standard InChI is InChI=1S/C20H26N4OS/c1-13-9-14(2)11-16(10-13)20(6-7-20)18(25)24-8-4-5-15(12-24)17-21-22-19(26)23(17)3/h9-11,15H,4-8,12H2,1-3H3,(H,22,26). The molecule has 1 saturated heterocycles. The minimum Gasteiger partial charge on any atom is -0.341 e. The van der Waals surface area contributed by atoms with Crippen LogP contribution in [-0.2, 0) is 17.3 Å². The molecule has 1 aliphatic heterocycles. The Bertz CT molecular complexity index is 889. The number of rotatable bonds is 3. The van der Waals surface area contributed by atoms with Crippen LogP contribution in [-0.4, -0.2) is 38.7 Å². The Morgan fingerprint density at radius 2 is 1.96 bits per heavy atom. The van der Waals surface area contributed by atoms with E-state index in [-0.39, 0.29) is 11.3 Å². The average Bonchev–Trinajstić information content (AvgIpc) is 3.36. The molecule has 1 atom stereocenters. The lowest BCUT2D eigenvalue weighted by Gasteiger charge is -2.35. The van der Waals surface area contributed by atoms with Crippen LogP contribution in [0, 0.1) is 18.6 Å². The number of carbonyl (C=O) groups is 1. The molecule has 0 spiro atoms. The minimum absolute atomic E-state index is 0.251. The number of benzene rings is 1. The van der Waals surface area contributed by atoms with Crippen LogP contribution in [0.3, 0.4) is 0 Å². The third kappa shape index (κ3) is 2.90. The first-order valence-electron chi connectivity index (χ1n) is 9.40. The van der Waals surface area contributed by atoms with E-state index in [9.17, 15) is 4.79 Å². The number of aromatic nitrogens is 3. The summed E-state index contributed by atoms with van der Waals surface area (Å²) in [5.74, 6) is 1.51. The molecule has 1 unspecified atom stereocenters. The van der Waals surface area contributed by atoms with Crippen LogP contribution < -0.4 is 0 Å². The topological polar surface area (TPSA) is 53.9 Å². The summed E-state index contributed by atoms with van der Waals surface area (Å²) in [7, 11) is 1.94. The maximum absolute atomic E-state index is 13.4. The normalized spacial score (nSPS) is 21.7. The first kappa shape index (κ1) is 17.5. The number of likely N-dealkylation sites (tertiary alicyclic amines) is 1. The fraction of sp³-hybridized carbons (Fsp3) is 0.550. The molecular weight excluding hydrogens is 344 g/mol. The summed E-state index contributed by atoms with van der Waals surface area (Å²) in [6.07, 6.45) is 3.98. The van der Waals surface area contributed by atoms with E-state index in [1.54, 1.807) is 0 Å². The first-order chi connectivity index (χ1) is 12.4. The number of aromatic amines is 1. The molecule has 0 bridgehead atoms. The zero-order valence-electron chi connectivity index (χ0n) is 15.7. The van der Waals surface area contributed by atoms with Gasteiger partial charge in [0, 0.05) is 26.1 Å². The Morgan fingerprint density at radius 3 is 2.54 bits per heavy atom. The number of nitrogens with one attached hydrogen (secondary N) is 1. The van der Waals surface area contributed by atoms with Crippen LogP contribution in [0.25, 0.3) is 0 Å². The van der Waals surface area contributed by atoms with Crippen molar-refractivity contribution in [1.82, 2.24) is 19.7 Å². The first-order valence-corrected chi connectivity index (χ1v) is 9.81. The zero-order valence-corrected chi connectivity index (χ0v) is 16.5. The highest BCUT2D eigenvalue weighted by Crippen LogP contribution is 2.50. The molecule has 1 saturated carbocycles. The molecule has 1 amide bonds. The van der Waals surface area contributed by atoms with E-state index in [4.69, 9.17) is 12.2 Å². The highest BCUT2D eigenvalue weighted by molar-refractivity contribution is 7.71. The molecule has 1 aliphatic carbocycles. The maximum atomic E-state index is 13.4. The van der Waals surface area contributed by atoms with E-state index in [1.165, 1.54) is 16.7 Å². The van der Waals surface area contributed by atoms with Gasteiger partial charge in [0.15, 0.2) is 4.77 Å². The van der Waals surface area contributed by atoms with Crippen molar-refractivity contribution in [3.8, 4) is 0 Å². The molecule has 138 valence electrons. The summed E-state index contributed by atoms with van der Waals surface area (Å²) in [6.45, 7) is 5.80. The van der Waals surface area contributed by atoms with Crippen LogP contribution >= 0.6 is 12.2 Å². The van der Waals surface area contributed by atoms with Gasteiger partial charge in [-0.25, -0.2) is 0 Å². The molecule has 5 nitrogen and oxygen atoms in total. The van der Waals surface area contributed by atoms with E-state index < -0.39 is 0 Å². The van der Waals surface area contributed by atoms with Gasteiger partial charge in [0.05, 0.1) is 5.41 Å². The third-order valence-corrected chi connectivity index (χ3v) is 6.29. The van der Waals surface area contributed by atoms with Crippen LogP contribution in [0.2, 0.25) is 0 Å². The summed E-state index contributed by atoms with van der Waals surface area (Å²) in [5.41, 5.74) is 3.37. The van der Waals surface area contributed by atoms with Gasteiger partial charge in [0.1, 0.15) is 5.82 Å². The van der Waals surface area contributed by atoms with Gasteiger partial charge in [-0.05, 0) is 57.3 Å². The number of carbonyl (C=O) groups excluding carboxylic acids is 1. The molecule has 2 heterocycles. The second kappa shape index (κ2) is 6.34. The maximum Gasteiger partial charge on any atom is 0.233 e. The fourth-order valence-electron chi connectivity index (χ4n) is 4.40. The van der Waals surface area contributed by atoms with Crippen LogP contribution in [0.1, 0.15) is 54.1 Å². The lowest BCUT2D eigenvalue weighted by atomic mass is 9.89. The van der Waals surface area contributed by atoms with E-state index >= 15 is 0 Å². The predicted octanol–water partition coefficient (Wildman–Crippen LogP) is 3.53. The predicted molar refractivity (Wildman–Crippen MR) is 104 cm³/mol. The molecule has 1 N–H and O–H groups in total. The quantitative estimate of drug-likeness (QED) is 0.841. The molecule has 1 aromatic heterocycles. The van der Waals surface area contributed by atoms with E-state index in [2.05, 4.69) is 47.1 Å². The molecular formula is C20H26N4OS. The van der Waals surface area contributed by atoms with Crippen molar-refractivity contribution in [3.05, 3.63) is 45.5 Å². The summed E-state index contributed by atoms with van der Waals surface area (Å²) in [6, 6.07) is 6.55. The zero-order chi connectivity index (χ0) is 18.5. The summed E-state index contributed by atoms with van der Waals surface area (Å²) >= 11 is 5.25. The van der Waals surface area contributed by atoms with Crippen molar-refractivity contribution in [1.29, 1.82) is 0 Å². The second-order valence-electron chi connectivity index (χ2n) is 7.99. The van der Waals surface area contributed by atoms with Crippen molar-refractivity contribution < 1.29 is 4.79 Å². The Labute approximate surface area is 159 Å². The largest absolute Gasteiger partial charge is 0.341 e. The number of nitrogens with zero attached hydrogens (tertiary/aromatic N) is 3. The van der Waals surface area contributed by atoms with Gasteiger partial charge in [-0.3, -0.25) is 9.89 Å². The van der Waals surface area contributed by atoms with E-state index in [0.717, 1.165) is 44.6 Å². The van der Waals surface area contributed by atoms with E-state index in [0.29, 0.717) is 10.7 Å². The monoisotopic (exact) mass is 370 g/mol. The smallest absolute Gasteiger partial charge is 0.233 e. The van der Waals surface area contributed by atoms with Gasteiger partial charge in [0.25, 0.3) is 0 Å². The summed E-state index contributed by atoms with van der Waals surface area (Å²) in [5, 5.41) is 7.27. The second-order valence-corrected chi connectivity index (χ2v) is 8.38. The van der Waals surface area contributed by atoms with Crippen LogP contribution in [0.4, 0.5) is 0 Å². The number of piperidine rings is 1. The number of aryl methyl sites for hydroxylation is 2. The van der Waals surface area contributed by atoms with Gasteiger partial charge in [-0.1, -0.05) is 29.3 Å². The molecule has 2 aromatic rings. The van der Waals surface area contributed by atoms with Crippen molar-refractivity contribution in [2.24, 2.45) is 7.05 Å². The van der Waals surface area contributed by atoms with Gasteiger partial charge >= 0.3 is 0 Å². The van der Waals surface area contributed by atoms with Crippen molar-refractivity contribution in [2.45, 2.75) is 50.9 Å². The highest BCUT2D eigenvalue weighted by atomic mass is 32.1. The Hall–Kier alpha value is -1.95. The molecule has 6 heteroatoms. The van der Waals surface area contributed by atoms with Gasteiger partial charge in [-0.15, -0.1) is 0 Å². The van der Waals surface area contributed by atoms with Gasteiger partial charge in [-0.2, -0.15) is 5.10 Å². The molecule has 0 radical (unpaired) electrons. The molecule has 26 heavy (non-hydrogen) atoms. The van der Waals surface area contributed by atoms with Gasteiger partial charge < -0.3 is 9.47 Å². The number of H-pyrrole nitrogens is 1. The van der Waals surface area contributed by atoms with Crippen molar-refractivity contribution in [3.63, 3.8) is 0 Å². The molecule has 4 rings (SSSR count). The molecule has 2 aliphatic rings. The Balaban J connectivity index is 1.58.